The number of carbonyl (C=O) groups is 1. The van der Waals surface area contributed by atoms with Crippen LogP contribution in [0.2, 0.25) is 0 Å². The van der Waals surface area contributed by atoms with E-state index in [4.69, 9.17) is 15.0 Å². The van der Waals surface area contributed by atoms with E-state index >= 15 is 0 Å². The molecule has 1 saturated heterocycles. The first kappa shape index (κ1) is 14.8. The van der Waals surface area contributed by atoms with Gasteiger partial charge in [-0.15, -0.1) is 0 Å². The van der Waals surface area contributed by atoms with E-state index in [1.807, 2.05) is 0 Å². The lowest BCUT2D eigenvalue weighted by Crippen LogP contribution is -2.31. The number of nitrogens with zero attached hydrogens (tertiary/aromatic N) is 4. The number of aromatic amines is 1. The van der Waals surface area contributed by atoms with Crippen molar-refractivity contribution in [2.45, 2.75) is 31.8 Å². The average molecular weight is 295 g/mol. The van der Waals surface area contributed by atoms with Gasteiger partial charge in [-0.1, -0.05) is 5.11 Å². The minimum Gasteiger partial charge on any atom is -0.460 e. The number of esters is 1. The highest BCUT2D eigenvalue weighted by Gasteiger charge is 2.38. The second kappa shape index (κ2) is 6.25. The molecule has 1 aliphatic heterocycles. The molecule has 1 aliphatic rings. The van der Waals surface area contributed by atoms with Gasteiger partial charge >= 0.3 is 11.7 Å². The lowest BCUT2D eigenvalue weighted by molar-refractivity contribution is -0.148. The SMILES string of the molecule is CC(=O)O[C@H]1C[C@H](n2ccc(=O)[nH]c2=O)O[C@@H]1CN=[N+]=[N-]. The Morgan fingerprint density at radius 3 is 3.05 bits per heavy atom. The van der Waals surface area contributed by atoms with Crippen LogP contribution in [-0.4, -0.2) is 34.3 Å². The van der Waals surface area contributed by atoms with E-state index in [1.54, 1.807) is 0 Å². The summed E-state index contributed by atoms with van der Waals surface area (Å²) in [5, 5.41) is 3.40. The number of aromatic nitrogens is 2. The molecule has 1 aromatic rings. The third kappa shape index (κ3) is 3.50. The topological polar surface area (TPSA) is 139 Å². The lowest BCUT2D eigenvalue weighted by Gasteiger charge is -2.15. The maximum Gasteiger partial charge on any atom is 0.330 e. The van der Waals surface area contributed by atoms with Crippen molar-refractivity contribution < 1.29 is 14.3 Å². The van der Waals surface area contributed by atoms with Crippen molar-refractivity contribution in [1.29, 1.82) is 0 Å². The van der Waals surface area contributed by atoms with Crippen LogP contribution in [0.3, 0.4) is 0 Å². The van der Waals surface area contributed by atoms with Crippen LogP contribution in [0.25, 0.3) is 10.4 Å². The standard InChI is InChI=1S/C11H13N5O5/c1-6(17)20-7-4-10(21-8(7)5-13-15-12)16-3-2-9(18)14-11(16)19/h2-3,7-8,10H,4-5H2,1H3,(H,14,18,19)/t7-,8+,10+/m0/s1. The first-order chi connectivity index (χ1) is 10.0. The molecule has 0 amide bonds. The Balaban J connectivity index is 2.22. The fourth-order valence-electron chi connectivity index (χ4n) is 2.14. The Morgan fingerprint density at radius 2 is 2.43 bits per heavy atom. The quantitative estimate of drug-likeness (QED) is 0.362. The molecular formula is C11H13N5O5. The lowest BCUT2D eigenvalue weighted by atomic mass is 10.2. The number of carbonyl (C=O) groups excluding carboxylic acids is 1. The molecule has 112 valence electrons. The van der Waals surface area contributed by atoms with Crippen molar-refractivity contribution in [3.8, 4) is 0 Å². The highest BCUT2D eigenvalue weighted by atomic mass is 16.6. The second-order valence-corrected chi connectivity index (χ2v) is 4.44. The predicted octanol–water partition coefficient (Wildman–Crippen LogP) is 0.0661. The molecule has 0 bridgehead atoms. The minimum absolute atomic E-state index is 0.0248. The van der Waals surface area contributed by atoms with Crippen molar-refractivity contribution in [3.05, 3.63) is 43.5 Å². The van der Waals surface area contributed by atoms with Gasteiger partial charge in [-0.3, -0.25) is 19.1 Å². The molecule has 1 aromatic heterocycles. The normalized spacial score (nSPS) is 24.3. The van der Waals surface area contributed by atoms with E-state index in [9.17, 15) is 14.4 Å². The van der Waals surface area contributed by atoms with Gasteiger partial charge in [-0.05, 0) is 5.53 Å². The summed E-state index contributed by atoms with van der Waals surface area (Å²) >= 11 is 0. The molecule has 0 unspecified atom stereocenters. The predicted molar refractivity (Wildman–Crippen MR) is 69.4 cm³/mol. The Labute approximate surface area is 117 Å². The smallest absolute Gasteiger partial charge is 0.330 e. The second-order valence-electron chi connectivity index (χ2n) is 4.44. The summed E-state index contributed by atoms with van der Waals surface area (Å²) in [5.41, 5.74) is 7.21. The number of hydrogen-bond donors (Lipinski definition) is 1. The molecule has 1 fully saturated rings. The van der Waals surface area contributed by atoms with Gasteiger partial charge in [0.25, 0.3) is 5.56 Å². The molecule has 0 saturated carbocycles. The Hall–Kier alpha value is -2.58. The Kier molecular flexibility index (Phi) is 4.41. The molecule has 0 radical (unpaired) electrons. The zero-order valence-electron chi connectivity index (χ0n) is 11.1. The number of nitrogens with one attached hydrogen (secondary N) is 1. The average Bonchev–Trinajstić information content (AvgIpc) is 2.78. The van der Waals surface area contributed by atoms with E-state index in [2.05, 4.69) is 15.0 Å². The van der Waals surface area contributed by atoms with E-state index < -0.39 is 35.7 Å². The number of azide groups is 1. The Bertz CT molecular complexity index is 677. The van der Waals surface area contributed by atoms with Crippen LogP contribution in [0, 0.1) is 0 Å². The van der Waals surface area contributed by atoms with E-state index in [-0.39, 0.29) is 13.0 Å². The fraction of sp³-hybridized carbons (Fsp3) is 0.545. The molecule has 2 heterocycles. The van der Waals surface area contributed by atoms with E-state index in [0.717, 1.165) is 0 Å². The van der Waals surface area contributed by atoms with Gasteiger partial charge in [0, 0.05) is 30.5 Å². The van der Waals surface area contributed by atoms with Crippen LogP contribution >= 0.6 is 0 Å². The van der Waals surface area contributed by atoms with Gasteiger partial charge in [-0.2, -0.15) is 0 Å². The van der Waals surface area contributed by atoms with E-state index in [0.29, 0.717) is 0 Å². The zero-order chi connectivity index (χ0) is 15.4. The van der Waals surface area contributed by atoms with E-state index in [1.165, 1.54) is 23.8 Å². The summed E-state index contributed by atoms with van der Waals surface area (Å²) in [6.45, 7) is 1.23. The summed E-state index contributed by atoms with van der Waals surface area (Å²) in [4.78, 5) is 38.6. The summed E-state index contributed by atoms with van der Waals surface area (Å²) in [6.07, 6.45) is -0.466. The van der Waals surface area contributed by atoms with Crippen molar-refractivity contribution in [2.75, 3.05) is 6.54 Å². The van der Waals surface area contributed by atoms with Crippen molar-refractivity contribution in [2.24, 2.45) is 5.11 Å². The molecule has 21 heavy (non-hydrogen) atoms. The minimum atomic E-state index is -0.711. The maximum absolute atomic E-state index is 11.7. The molecule has 3 atom stereocenters. The molecule has 0 aliphatic carbocycles. The van der Waals surface area contributed by atoms with Gasteiger partial charge in [0.15, 0.2) is 0 Å². The third-order valence-corrected chi connectivity index (χ3v) is 2.98. The van der Waals surface area contributed by atoms with Crippen LogP contribution in [0.4, 0.5) is 0 Å². The summed E-state index contributed by atoms with van der Waals surface area (Å²) in [5.74, 6) is -0.496. The van der Waals surface area contributed by atoms with Crippen LogP contribution < -0.4 is 11.2 Å². The monoisotopic (exact) mass is 295 g/mol. The first-order valence-corrected chi connectivity index (χ1v) is 6.16. The van der Waals surface area contributed by atoms with Gasteiger partial charge < -0.3 is 9.47 Å². The van der Waals surface area contributed by atoms with Gasteiger partial charge in [0.05, 0.1) is 6.54 Å². The maximum atomic E-state index is 11.7. The molecule has 1 N–H and O–H groups in total. The van der Waals surface area contributed by atoms with Gasteiger partial charge in [-0.25, -0.2) is 4.79 Å². The highest BCUT2D eigenvalue weighted by molar-refractivity contribution is 5.66. The van der Waals surface area contributed by atoms with Crippen LogP contribution in [-0.2, 0) is 14.3 Å². The van der Waals surface area contributed by atoms with Crippen molar-refractivity contribution >= 4 is 5.97 Å². The molecule has 10 nitrogen and oxygen atoms in total. The summed E-state index contributed by atoms with van der Waals surface area (Å²) < 4.78 is 11.9. The van der Waals surface area contributed by atoms with Crippen molar-refractivity contribution in [3.63, 3.8) is 0 Å². The molecule has 0 aromatic carbocycles. The molecular weight excluding hydrogens is 282 g/mol. The molecule has 0 spiro atoms. The number of ether oxygens (including phenoxy) is 2. The van der Waals surface area contributed by atoms with Crippen LogP contribution in [0.5, 0.6) is 0 Å². The van der Waals surface area contributed by atoms with Crippen molar-refractivity contribution in [1.82, 2.24) is 9.55 Å². The zero-order valence-corrected chi connectivity index (χ0v) is 11.1. The van der Waals surface area contributed by atoms with Gasteiger partial charge in [0.1, 0.15) is 18.4 Å². The number of H-pyrrole nitrogens is 1. The Morgan fingerprint density at radius 1 is 1.67 bits per heavy atom. The summed E-state index contributed by atoms with van der Waals surface area (Å²) in [6, 6.07) is 1.19. The highest BCUT2D eigenvalue weighted by Crippen LogP contribution is 2.30. The molecule has 2 rings (SSSR count). The third-order valence-electron chi connectivity index (χ3n) is 2.98. The number of hydrogen-bond acceptors (Lipinski definition) is 6. The van der Waals surface area contributed by atoms with Crippen LogP contribution in [0.1, 0.15) is 19.6 Å². The van der Waals surface area contributed by atoms with Gasteiger partial charge in [0.2, 0.25) is 0 Å². The first-order valence-electron chi connectivity index (χ1n) is 6.16. The number of rotatable bonds is 4. The fourth-order valence-corrected chi connectivity index (χ4v) is 2.14. The van der Waals surface area contributed by atoms with Crippen LogP contribution in [0.15, 0.2) is 27.0 Å². The largest absolute Gasteiger partial charge is 0.460 e. The summed E-state index contributed by atoms with van der Waals surface area (Å²) in [7, 11) is 0. The molecule has 10 heteroatoms.